The van der Waals surface area contributed by atoms with Gasteiger partial charge in [-0.2, -0.15) is 0 Å². The lowest BCUT2D eigenvalue weighted by Gasteiger charge is -2.60. The summed E-state index contributed by atoms with van der Waals surface area (Å²) in [5, 5.41) is 18.6. The van der Waals surface area contributed by atoms with Gasteiger partial charge in [0.2, 0.25) is 23.5 Å². The monoisotopic (exact) mass is 883 g/mol. The predicted molar refractivity (Wildman–Crippen MR) is 239 cm³/mol. The van der Waals surface area contributed by atoms with Gasteiger partial charge in [-0.15, -0.1) is 11.3 Å². The molecule has 0 unspecified atom stereocenters. The fraction of sp³-hybridized carbons (Fsp3) is 0.600. The normalized spacial score (nSPS) is 31.8. The quantitative estimate of drug-likeness (QED) is 0.151. The van der Waals surface area contributed by atoms with Gasteiger partial charge in [0.15, 0.2) is 11.9 Å². The molecule has 6 fully saturated rings. The van der Waals surface area contributed by atoms with Crippen molar-refractivity contribution in [2.24, 2.45) is 29.1 Å². The number of aliphatic hydroxyl groups is 1. The summed E-state index contributed by atoms with van der Waals surface area (Å²) in [5.41, 5.74) is 3.69. The molecular weight excluding hydrogens is 819 g/mol. The molecule has 3 aromatic rings. The predicted octanol–water partition coefficient (Wildman–Crippen LogP) is 7.22. The number of amides is 3. The van der Waals surface area contributed by atoms with E-state index in [-0.39, 0.29) is 67.4 Å². The number of aliphatic hydroxyl groups excluding tert-OH is 1. The summed E-state index contributed by atoms with van der Waals surface area (Å²) >= 11 is 1.69. The fourth-order valence-electron chi connectivity index (χ4n) is 10.9. The highest BCUT2D eigenvalue weighted by Gasteiger charge is 2.69. The molecule has 5 saturated heterocycles. The minimum Gasteiger partial charge on any atom is -0.391 e. The molecule has 6 heterocycles. The fourth-order valence-corrected chi connectivity index (χ4v) is 11.8. The van der Waals surface area contributed by atoms with E-state index in [1.165, 1.54) is 15.3 Å². The molecule has 6 aliphatic rings. The highest BCUT2D eigenvalue weighted by atomic mass is 32.1. The van der Waals surface area contributed by atoms with E-state index in [4.69, 9.17) is 19.2 Å². The van der Waals surface area contributed by atoms with E-state index in [0.717, 1.165) is 47.9 Å². The standard InChI is InChI=1S/C50H65N3O9S/c1-29-8-19-39-31(3)41(59-47-50(39)38(29)20-22-49(7,60-47)61-62-50)26-36(54)18-15-32-9-11-33(12-10-32)24-42(56)52-44(48(4,5)6)46(58)53-28-37(55)25-40(53)45(57)51-27-34-13-16-35(17-14-34)43-30(2)21-23-63-43/h9-14,16-17,21,23,29,31,37-41,44,47,55H,8,15,18-20,22,24-28H2,1-7H3,(H,51,57)(H,52,56)/t29-,31-,37-,38+,39+,40+,41-,44-,47-,49-,50-/m1/s1. The lowest BCUT2D eigenvalue weighted by molar-refractivity contribution is -0.570. The molecule has 12 nitrogen and oxygen atoms in total. The Hall–Kier alpha value is -3.98. The van der Waals surface area contributed by atoms with E-state index < -0.39 is 47.2 Å². The first-order valence-corrected chi connectivity index (χ1v) is 23.8. The summed E-state index contributed by atoms with van der Waals surface area (Å²) in [7, 11) is 0. The number of β-amino-alcohol motifs (C(OH)–C–C–N with tert-alkyl or cyclic N) is 1. The van der Waals surface area contributed by atoms with Crippen molar-refractivity contribution in [3.05, 3.63) is 82.2 Å². The zero-order valence-electron chi connectivity index (χ0n) is 37.8. The number of nitrogens with zero attached hydrogens (tertiary/aromatic N) is 1. The van der Waals surface area contributed by atoms with Crippen molar-refractivity contribution in [1.82, 2.24) is 15.5 Å². The van der Waals surface area contributed by atoms with Crippen molar-refractivity contribution in [1.29, 1.82) is 0 Å². The summed E-state index contributed by atoms with van der Waals surface area (Å²) < 4.78 is 13.1. The Bertz CT molecular complexity index is 2150. The lowest BCUT2D eigenvalue weighted by Crippen LogP contribution is -2.70. The number of aryl methyl sites for hydroxylation is 2. The van der Waals surface area contributed by atoms with Crippen molar-refractivity contribution in [3.8, 4) is 10.4 Å². The SMILES string of the molecule is Cc1ccsc1-c1ccc(CNC(=O)[C@@H]2C[C@@H](O)CN2C(=O)[C@@H](NC(=O)Cc2ccc(CCC(=O)C[C@H]3O[C@@H]4O[C@@]5(C)CC[C@H]6[C@H](C)CC[C@@H]([C@H]3C)[C@@]46OO5)cc2)C(C)(C)C)cc1. The van der Waals surface area contributed by atoms with Crippen LogP contribution in [0.5, 0.6) is 0 Å². The van der Waals surface area contributed by atoms with E-state index in [0.29, 0.717) is 25.2 Å². The Balaban J connectivity index is 0.825. The van der Waals surface area contributed by atoms with Crippen LogP contribution in [-0.2, 0) is 57.8 Å². The van der Waals surface area contributed by atoms with Crippen LogP contribution >= 0.6 is 11.3 Å². The Morgan fingerprint density at radius 3 is 2.35 bits per heavy atom. The maximum absolute atomic E-state index is 14.2. The van der Waals surface area contributed by atoms with Crippen LogP contribution in [-0.4, -0.2) is 82.0 Å². The van der Waals surface area contributed by atoms with Gasteiger partial charge in [0.1, 0.15) is 17.9 Å². The van der Waals surface area contributed by atoms with E-state index in [2.05, 4.69) is 42.9 Å². The van der Waals surface area contributed by atoms with Gasteiger partial charge in [-0.3, -0.25) is 19.2 Å². The van der Waals surface area contributed by atoms with Crippen LogP contribution in [0.15, 0.2) is 60.0 Å². The average molecular weight is 884 g/mol. The number of rotatable bonds is 13. The molecule has 3 amide bonds. The van der Waals surface area contributed by atoms with Crippen LogP contribution in [0.4, 0.5) is 0 Å². The topological polar surface area (TPSA) is 153 Å². The number of fused-ring (bicyclic) bond motifs is 2. The molecule has 5 aliphatic heterocycles. The summed E-state index contributed by atoms with van der Waals surface area (Å²) in [6.45, 7) is 14.4. The van der Waals surface area contributed by atoms with Crippen LogP contribution in [0, 0.1) is 36.0 Å². The van der Waals surface area contributed by atoms with Crippen LogP contribution in [0.3, 0.4) is 0 Å². The largest absolute Gasteiger partial charge is 0.391 e. The first-order chi connectivity index (χ1) is 29.9. The average Bonchev–Trinajstić information content (AvgIpc) is 3.79. The molecular formula is C50H65N3O9S. The number of hydrogen-bond donors (Lipinski definition) is 3. The molecule has 13 heteroatoms. The Morgan fingerprint density at radius 1 is 0.937 bits per heavy atom. The molecule has 1 spiro atoms. The number of thiophene rings is 1. The highest BCUT2D eigenvalue weighted by Crippen LogP contribution is 2.60. The van der Waals surface area contributed by atoms with Crippen LogP contribution in [0.2, 0.25) is 0 Å². The van der Waals surface area contributed by atoms with Gasteiger partial charge in [-0.1, -0.05) is 83.1 Å². The van der Waals surface area contributed by atoms with Crippen molar-refractivity contribution in [2.75, 3.05) is 6.54 Å². The Morgan fingerprint density at radius 2 is 1.65 bits per heavy atom. The van der Waals surface area contributed by atoms with Crippen molar-refractivity contribution < 1.29 is 43.5 Å². The van der Waals surface area contributed by atoms with Gasteiger partial charge in [0.05, 0.1) is 18.6 Å². The second-order valence-corrected chi connectivity index (χ2v) is 21.2. The van der Waals surface area contributed by atoms with Gasteiger partial charge in [0, 0.05) is 49.6 Å². The molecule has 1 aromatic heterocycles. The number of ketones is 1. The Kier molecular flexibility index (Phi) is 13.1. The van der Waals surface area contributed by atoms with Gasteiger partial charge in [0.25, 0.3) is 0 Å². The molecule has 63 heavy (non-hydrogen) atoms. The summed E-state index contributed by atoms with van der Waals surface area (Å²) in [6.07, 6.45) is 3.52. The summed E-state index contributed by atoms with van der Waals surface area (Å²) in [4.78, 5) is 69.5. The number of Topliss-reactive ketones (excluding diaryl/α,β-unsaturated/α-hetero) is 1. The molecule has 1 aliphatic carbocycles. The number of likely N-dealkylation sites (tertiary alicyclic amines) is 1. The molecule has 2 bridgehead atoms. The number of carbonyl (C=O) groups is 4. The van der Waals surface area contributed by atoms with Crippen LogP contribution in [0.25, 0.3) is 10.4 Å². The lowest BCUT2D eigenvalue weighted by atomic mass is 9.57. The number of benzene rings is 2. The first kappa shape index (κ1) is 45.6. The van der Waals surface area contributed by atoms with Gasteiger partial charge < -0.3 is 30.1 Å². The minimum absolute atomic E-state index is 0.00465. The van der Waals surface area contributed by atoms with E-state index in [9.17, 15) is 24.3 Å². The Labute approximate surface area is 375 Å². The number of nitrogens with one attached hydrogen (secondary N) is 2. The first-order valence-electron chi connectivity index (χ1n) is 22.9. The van der Waals surface area contributed by atoms with Crippen molar-refractivity contribution >= 4 is 34.8 Å². The molecule has 1 saturated carbocycles. The van der Waals surface area contributed by atoms with E-state index in [1.54, 1.807) is 11.3 Å². The smallest absolute Gasteiger partial charge is 0.246 e. The molecule has 2 aromatic carbocycles. The van der Waals surface area contributed by atoms with Crippen molar-refractivity contribution in [2.45, 2.75) is 155 Å². The maximum Gasteiger partial charge on any atom is 0.246 e. The second-order valence-electron chi connectivity index (χ2n) is 20.3. The molecule has 340 valence electrons. The summed E-state index contributed by atoms with van der Waals surface area (Å²) in [5.74, 6) is -0.761. The zero-order valence-corrected chi connectivity index (χ0v) is 38.6. The molecule has 11 atom stereocenters. The summed E-state index contributed by atoms with van der Waals surface area (Å²) in [6, 6.07) is 16.0. The third kappa shape index (κ3) is 9.42. The van der Waals surface area contributed by atoms with Gasteiger partial charge >= 0.3 is 0 Å². The highest BCUT2D eigenvalue weighted by molar-refractivity contribution is 7.13. The third-order valence-corrected chi connectivity index (χ3v) is 15.7. The van der Waals surface area contributed by atoms with Gasteiger partial charge in [-0.05, 0) is 102 Å². The van der Waals surface area contributed by atoms with Crippen molar-refractivity contribution in [3.63, 3.8) is 0 Å². The molecule has 0 radical (unpaired) electrons. The third-order valence-electron chi connectivity index (χ3n) is 14.6. The maximum atomic E-state index is 14.2. The van der Waals surface area contributed by atoms with Crippen LogP contribution in [0.1, 0.15) is 109 Å². The number of carbonyl (C=O) groups excluding carboxylic acids is 4. The number of ether oxygens (including phenoxy) is 2. The second kappa shape index (κ2) is 18.1. The van der Waals surface area contributed by atoms with E-state index in [1.807, 2.05) is 76.2 Å². The zero-order chi connectivity index (χ0) is 44.8. The van der Waals surface area contributed by atoms with E-state index >= 15 is 0 Å². The van der Waals surface area contributed by atoms with Gasteiger partial charge in [-0.25, -0.2) is 9.78 Å². The minimum atomic E-state index is -0.929. The number of hydrogen-bond acceptors (Lipinski definition) is 10. The van der Waals surface area contributed by atoms with Crippen LogP contribution < -0.4 is 10.6 Å². The molecule has 9 rings (SSSR count). The molecule has 3 N–H and O–H groups in total.